The van der Waals surface area contributed by atoms with Crippen LogP contribution in [0.3, 0.4) is 0 Å². The van der Waals surface area contributed by atoms with E-state index >= 15 is 0 Å². The number of sulfone groups is 1. The van der Waals surface area contributed by atoms with E-state index in [0.717, 1.165) is 12.5 Å². The van der Waals surface area contributed by atoms with E-state index in [2.05, 4.69) is 5.32 Å². The lowest BCUT2D eigenvalue weighted by Crippen LogP contribution is -2.30. The molecule has 0 saturated heterocycles. The lowest BCUT2D eigenvalue weighted by molar-refractivity contribution is -0.138. The van der Waals surface area contributed by atoms with Crippen molar-refractivity contribution in [2.24, 2.45) is 0 Å². The topological polar surface area (TPSA) is 83.5 Å². The quantitative estimate of drug-likeness (QED) is 0.769. The van der Waals surface area contributed by atoms with Crippen LogP contribution in [0.1, 0.15) is 26.2 Å². The summed E-state index contributed by atoms with van der Waals surface area (Å²) >= 11 is 0. The number of nitrogens with one attached hydrogen (secondary N) is 1. The first-order valence-corrected chi connectivity index (χ1v) is 7.95. The van der Waals surface area contributed by atoms with Crippen molar-refractivity contribution >= 4 is 21.5 Å². The van der Waals surface area contributed by atoms with Crippen LogP contribution in [0.15, 0.2) is 29.2 Å². The summed E-state index contributed by atoms with van der Waals surface area (Å²) in [7, 11) is -4.79. The zero-order chi connectivity index (χ0) is 16.0. The molecule has 0 aliphatic carbocycles. The molecule has 0 radical (unpaired) electrons. The molecule has 0 aliphatic rings. The Morgan fingerprint density at radius 2 is 1.95 bits per heavy atom. The van der Waals surface area contributed by atoms with E-state index in [9.17, 15) is 22.0 Å². The molecular weight excluding hydrogens is 304 g/mol. The Morgan fingerprint density at radius 1 is 1.33 bits per heavy atom. The van der Waals surface area contributed by atoms with E-state index in [-0.39, 0.29) is 12.1 Å². The molecule has 1 rings (SSSR count). The first-order valence-electron chi connectivity index (χ1n) is 6.41. The highest BCUT2D eigenvalue weighted by molar-refractivity contribution is 7.91. The third-order valence-electron chi connectivity index (χ3n) is 2.90. The molecular formula is C13H17F2NO4S. The van der Waals surface area contributed by atoms with Gasteiger partial charge in [0.2, 0.25) is 9.84 Å². The smallest absolute Gasteiger partial charge is 0.341 e. The van der Waals surface area contributed by atoms with Gasteiger partial charge in [-0.3, -0.25) is 0 Å². The van der Waals surface area contributed by atoms with E-state index in [0.29, 0.717) is 6.42 Å². The maximum absolute atomic E-state index is 12.6. The number of anilines is 1. The average molecular weight is 321 g/mol. The Balaban J connectivity index is 3.11. The van der Waals surface area contributed by atoms with Gasteiger partial charge in [-0.1, -0.05) is 31.9 Å². The minimum atomic E-state index is -4.79. The van der Waals surface area contributed by atoms with Gasteiger partial charge in [-0.15, -0.1) is 0 Å². The Morgan fingerprint density at radius 3 is 2.48 bits per heavy atom. The summed E-state index contributed by atoms with van der Waals surface area (Å²) < 4.78 is 48.5. The standard InChI is InChI=1S/C13H17F2NO4S/c1-2-3-6-10(12(17)18)16-9-7-4-5-8-11(9)21(19,20)13(14)15/h4-5,7-8,10,13,16H,2-3,6H2,1H3,(H,17,18). The van der Waals surface area contributed by atoms with Gasteiger partial charge in [-0.2, -0.15) is 8.78 Å². The molecule has 5 nitrogen and oxygen atoms in total. The van der Waals surface area contributed by atoms with Crippen LogP contribution < -0.4 is 5.32 Å². The van der Waals surface area contributed by atoms with Gasteiger partial charge in [0.25, 0.3) is 0 Å². The highest BCUT2D eigenvalue weighted by Gasteiger charge is 2.30. The molecule has 0 fully saturated rings. The number of hydrogen-bond donors (Lipinski definition) is 2. The average Bonchev–Trinajstić information content (AvgIpc) is 2.43. The van der Waals surface area contributed by atoms with E-state index in [1.807, 2.05) is 6.92 Å². The molecule has 0 spiro atoms. The number of carboxylic acids is 1. The summed E-state index contributed by atoms with van der Waals surface area (Å²) in [6, 6.07) is 4.03. The van der Waals surface area contributed by atoms with Crippen LogP contribution in [0, 0.1) is 0 Å². The van der Waals surface area contributed by atoms with Crippen LogP contribution in [-0.4, -0.2) is 31.3 Å². The van der Waals surface area contributed by atoms with E-state index in [1.54, 1.807) is 0 Å². The van der Waals surface area contributed by atoms with Crippen LogP contribution in [0.5, 0.6) is 0 Å². The van der Waals surface area contributed by atoms with Crippen molar-refractivity contribution in [3.8, 4) is 0 Å². The maximum Gasteiger partial charge on any atom is 0.341 e. The van der Waals surface area contributed by atoms with Gasteiger partial charge >= 0.3 is 11.7 Å². The molecule has 0 bridgehead atoms. The van der Waals surface area contributed by atoms with Crippen LogP contribution in [0.2, 0.25) is 0 Å². The Labute approximate surface area is 121 Å². The highest BCUT2D eigenvalue weighted by Crippen LogP contribution is 2.27. The van der Waals surface area contributed by atoms with Crippen molar-refractivity contribution in [2.45, 2.75) is 42.9 Å². The van der Waals surface area contributed by atoms with Crippen molar-refractivity contribution in [1.29, 1.82) is 0 Å². The summed E-state index contributed by atoms with van der Waals surface area (Å²) in [5.74, 6) is -4.72. The van der Waals surface area contributed by atoms with Gasteiger partial charge in [0.1, 0.15) is 6.04 Å². The number of alkyl halides is 2. The number of carboxylic acid groups (broad SMARTS) is 1. The molecule has 2 N–H and O–H groups in total. The molecule has 0 aliphatic heterocycles. The van der Waals surface area contributed by atoms with Crippen LogP contribution in [0.25, 0.3) is 0 Å². The molecule has 0 aromatic heterocycles. The van der Waals surface area contributed by atoms with Crippen LogP contribution in [0.4, 0.5) is 14.5 Å². The zero-order valence-corrected chi connectivity index (χ0v) is 12.2. The molecule has 0 amide bonds. The number of aliphatic carboxylic acids is 1. The number of benzene rings is 1. The fourth-order valence-corrected chi connectivity index (χ4v) is 2.68. The van der Waals surface area contributed by atoms with Gasteiger partial charge in [0.15, 0.2) is 0 Å². The predicted molar refractivity (Wildman–Crippen MR) is 74.2 cm³/mol. The normalized spacial score (nSPS) is 13.1. The second-order valence-corrected chi connectivity index (χ2v) is 6.37. The number of hydrogen-bond acceptors (Lipinski definition) is 4. The number of rotatable bonds is 8. The number of para-hydroxylation sites is 1. The summed E-state index contributed by atoms with van der Waals surface area (Å²) in [5.41, 5.74) is -0.124. The molecule has 1 unspecified atom stereocenters. The molecule has 118 valence electrons. The Hall–Kier alpha value is -1.70. The van der Waals surface area contributed by atoms with Gasteiger partial charge in [0, 0.05) is 0 Å². The van der Waals surface area contributed by atoms with Crippen molar-refractivity contribution in [3.05, 3.63) is 24.3 Å². The summed E-state index contributed by atoms with van der Waals surface area (Å²) in [4.78, 5) is 10.5. The zero-order valence-electron chi connectivity index (χ0n) is 11.4. The van der Waals surface area contributed by atoms with E-state index in [4.69, 9.17) is 5.11 Å². The van der Waals surface area contributed by atoms with Crippen LogP contribution in [-0.2, 0) is 14.6 Å². The number of unbranched alkanes of at least 4 members (excludes halogenated alkanes) is 1. The fraction of sp³-hybridized carbons (Fsp3) is 0.462. The largest absolute Gasteiger partial charge is 0.480 e. The summed E-state index contributed by atoms with van der Waals surface area (Å²) in [6.07, 6.45) is 1.66. The molecule has 1 atom stereocenters. The van der Waals surface area contributed by atoms with Crippen molar-refractivity contribution < 1.29 is 27.1 Å². The second kappa shape index (κ2) is 7.35. The van der Waals surface area contributed by atoms with Gasteiger partial charge in [0.05, 0.1) is 10.6 Å². The number of carbonyl (C=O) groups is 1. The molecule has 8 heteroatoms. The molecule has 0 saturated carbocycles. The van der Waals surface area contributed by atoms with Crippen molar-refractivity contribution in [1.82, 2.24) is 0 Å². The Bertz CT molecular complexity index is 590. The minimum absolute atomic E-state index is 0.124. The predicted octanol–water partition coefficient (Wildman–Crippen LogP) is 2.74. The van der Waals surface area contributed by atoms with Crippen molar-refractivity contribution in [3.63, 3.8) is 0 Å². The monoisotopic (exact) mass is 321 g/mol. The maximum atomic E-state index is 12.6. The minimum Gasteiger partial charge on any atom is -0.480 e. The van der Waals surface area contributed by atoms with Crippen molar-refractivity contribution in [2.75, 3.05) is 5.32 Å². The SMILES string of the molecule is CCCCC(Nc1ccccc1S(=O)(=O)C(F)F)C(=O)O. The molecule has 1 aromatic rings. The van der Waals surface area contributed by atoms with Gasteiger partial charge in [-0.05, 0) is 18.6 Å². The highest BCUT2D eigenvalue weighted by atomic mass is 32.2. The second-order valence-electron chi connectivity index (χ2n) is 4.48. The summed E-state index contributed by atoms with van der Waals surface area (Å²) in [5, 5.41) is 11.6. The molecule has 21 heavy (non-hydrogen) atoms. The summed E-state index contributed by atoms with van der Waals surface area (Å²) in [6.45, 7) is 1.88. The molecule has 0 heterocycles. The fourth-order valence-electron chi connectivity index (χ4n) is 1.78. The Kier molecular flexibility index (Phi) is 6.07. The van der Waals surface area contributed by atoms with Gasteiger partial charge in [-0.25, -0.2) is 13.2 Å². The van der Waals surface area contributed by atoms with E-state index < -0.39 is 32.5 Å². The number of halogens is 2. The van der Waals surface area contributed by atoms with Gasteiger partial charge < -0.3 is 10.4 Å². The first kappa shape index (κ1) is 17.4. The van der Waals surface area contributed by atoms with Crippen LogP contribution >= 0.6 is 0 Å². The third kappa shape index (κ3) is 4.38. The third-order valence-corrected chi connectivity index (χ3v) is 4.34. The molecule has 1 aromatic carbocycles. The lowest BCUT2D eigenvalue weighted by Gasteiger charge is -2.18. The first-order chi connectivity index (χ1) is 9.80. The lowest BCUT2D eigenvalue weighted by atomic mass is 10.1. The van der Waals surface area contributed by atoms with E-state index in [1.165, 1.54) is 18.2 Å².